The van der Waals surface area contributed by atoms with Crippen LogP contribution in [0.15, 0.2) is 0 Å². The zero-order chi connectivity index (χ0) is 12.1. The second-order valence-corrected chi connectivity index (χ2v) is 5.99. The summed E-state index contributed by atoms with van der Waals surface area (Å²) in [6.45, 7) is 2.26. The summed E-state index contributed by atoms with van der Waals surface area (Å²) in [5, 5.41) is 0. The van der Waals surface area contributed by atoms with Crippen LogP contribution in [0.3, 0.4) is 0 Å². The van der Waals surface area contributed by atoms with Gasteiger partial charge in [-0.3, -0.25) is 10.2 Å². The van der Waals surface area contributed by atoms with Crippen molar-refractivity contribution < 1.29 is 13.2 Å². The summed E-state index contributed by atoms with van der Waals surface area (Å²) in [5.41, 5.74) is 2.04. The fourth-order valence-electron chi connectivity index (χ4n) is 1.01. The standard InChI is InChI=1S/C8H19N3O3S/c1-7(6-8(12)10-9)11(2)4-5-15(3,13)14/h7H,4-6,9H2,1-3H3,(H,10,12). The Labute approximate surface area is 90.7 Å². The number of nitrogens with zero attached hydrogens (tertiary/aromatic N) is 1. The molecule has 0 radical (unpaired) electrons. The third kappa shape index (κ3) is 7.29. The van der Waals surface area contributed by atoms with Crippen LogP contribution in [0.4, 0.5) is 0 Å². The van der Waals surface area contributed by atoms with Crippen LogP contribution >= 0.6 is 0 Å². The van der Waals surface area contributed by atoms with Crippen LogP contribution in [0.25, 0.3) is 0 Å². The molecular weight excluding hydrogens is 218 g/mol. The topological polar surface area (TPSA) is 92.5 Å². The van der Waals surface area contributed by atoms with E-state index < -0.39 is 9.84 Å². The Morgan fingerprint density at radius 3 is 2.47 bits per heavy atom. The molecule has 0 aliphatic carbocycles. The first kappa shape index (κ1) is 14.3. The summed E-state index contributed by atoms with van der Waals surface area (Å²) < 4.78 is 21.8. The van der Waals surface area contributed by atoms with Crippen LogP contribution in [-0.4, -0.2) is 50.9 Å². The molecular formula is C8H19N3O3S. The summed E-state index contributed by atoms with van der Waals surface area (Å²) in [4.78, 5) is 12.8. The number of nitrogens with two attached hydrogens (primary N) is 1. The first-order chi connectivity index (χ1) is 6.76. The summed E-state index contributed by atoms with van der Waals surface area (Å²) in [7, 11) is -1.18. The average Bonchev–Trinajstić information content (AvgIpc) is 2.12. The van der Waals surface area contributed by atoms with Crippen molar-refractivity contribution in [1.29, 1.82) is 0 Å². The van der Waals surface area contributed by atoms with Gasteiger partial charge in [-0.15, -0.1) is 0 Å². The molecule has 1 amide bonds. The van der Waals surface area contributed by atoms with Crippen molar-refractivity contribution in [3.63, 3.8) is 0 Å². The molecule has 0 bridgehead atoms. The van der Waals surface area contributed by atoms with Crippen molar-refractivity contribution in [1.82, 2.24) is 10.3 Å². The predicted octanol–water partition coefficient (Wildman–Crippen LogP) is -1.27. The van der Waals surface area contributed by atoms with E-state index in [0.29, 0.717) is 6.54 Å². The Balaban J connectivity index is 3.99. The van der Waals surface area contributed by atoms with Crippen molar-refractivity contribution in [3.05, 3.63) is 0 Å². The Hall–Kier alpha value is -0.660. The lowest BCUT2D eigenvalue weighted by Gasteiger charge is -2.23. The van der Waals surface area contributed by atoms with Gasteiger partial charge < -0.3 is 4.90 Å². The molecule has 0 aromatic heterocycles. The molecule has 0 aromatic rings. The molecule has 6 nitrogen and oxygen atoms in total. The second kappa shape index (κ2) is 6.04. The molecule has 1 unspecified atom stereocenters. The van der Waals surface area contributed by atoms with Gasteiger partial charge in [-0.05, 0) is 14.0 Å². The minimum atomic E-state index is -2.95. The summed E-state index contributed by atoms with van der Waals surface area (Å²) >= 11 is 0. The van der Waals surface area contributed by atoms with E-state index in [-0.39, 0.29) is 24.1 Å². The van der Waals surface area contributed by atoms with E-state index in [1.165, 1.54) is 6.26 Å². The molecule has 0 heterocycles. The first-order valence-electron chi connectivity index (χ1n) is 4.63. The number of nitrogens with one attached hydrogen (secondary N) is 1. The van der Waals surface area contributed by atoms with E-state index in [4.69, 9.17) is 5.84 Å². The smallest absolute Gasteiger partial charge is 0.235 e. The number of sulfone groups is 1. The summed E-state index contributed by atoms with van der Waals surface area (Å²) in [5.74, 6) is 4.79. The largest absolute Gasteiger partial charge is 0.302 e. The molecule has 0 saturated carbocycles. The minimum absolute atomic E-state index is 0.0321. The summed E-state index contributed by atoms with van der Waals surface area (Å²) in [6.07, 6.45) is 1.45. The molecule has 1 atom stereocenters. The predicted molar refractivity (Wildman–Crippen MR) is 58.7 cm³/mol. The normalized spacial score (nSPS) is 13.9. The lowest BCUT2D eigenvalue weighted by atomic mass is 10.2. The summed E-state index contributed by atoms with van der Waals surface area (Å²) in [6, 6.07) is -0.0321. The number of carbonyl (C=O) groups is 1. The van der Waals surface area contributed by atoms with E-state index in [2.05, 4.69) is 0 Å². The lowest BCUT2D eigenvalue weighted by molar-refractivity contribution is -0.122. The maximum Gasteiger partial charge on any atom is 0.235 e. The highest BCUT2D eigenvalue weighted by atomic mass is 32.2. The van der Waals surface area contributed by atoms with E-state index in [9.17, 15) is 13.2 Å². The third-order valence-corrected chi connectivity index (χ3v) is 3.13. The molecule has 3 N–H and O–H groups in total. The Kier molecular flexibility index (Phi) is 5.77. The van der Waals surface area contributed by atoms with Gasteiger partial charge in [0, 0.05) is 25.3 Å². The van der Waals surface area contributed by atoms with Crippen LogP contribution in [0.1, 0.15) is 13.3 Å². The number of hydrogen-bond acceptors (Lipinski definition) is 5. The van der Waals surface area contributed by atoms with E-state index in [0.717, 1.165) is 0 Å². The molecule has 90 valence electrons. The molecule has 0 aromatic carbocycles. The molecule has 0 aliphatic heterocycles. The van der Waals surface area contributed by atoms with Gasteiger partial charge in [0.1, 0.15) is 9.84 Å². The number of hydrogen-bond donors (Lipinski definition) is 2. The van der Waals surface area contributed by atoms with Gasteiger partial charge in [0.05, 0.1) is 5.75 Å². The number of hydrazine groups is 1. The van der Waals surface area contributed by atoms with Gasteiger partial charge in [0.25, 0.3) is 0 Å². The van der Waals surface area contributed by atoms with Gasteiger partial charge in [-0.2, -0.15) is 0 Å². The highest BCUT2D eigenvalue weighted by Gasteiger charge is 2.14. The Bertz CT molecular complexity index is 302. The van der Waals surface area contributed by atoms with E-state index in [1.807, 2.05) is 17.2 Å². The average molecular weight is 237 g/mol. The maximum atomic E-state index is 10.9. The van der Waals surface area contributed by atoms with Crippen LogP contribution < -0.4 is 11.3 Å². The highest BCUT2D eigenvalue weighted by Crippen LogP contribution is 2.01. The zero-order valence-corrected chi connectivity index (χ0v) is 10.2. The monoisotopic (exact) mass is 237 g/mol. The number of amides is 1. The number of carbonyl (C=O) groups excluding carboxylic acids is 1. The molecule has 0 spiro atoms. The molecule has 0 saturated heterocycles. The van der Waals surface area contributed by atoms with Crippen molar-refractivity contribution in [3.8, 4) is 0 Å². The minimum Gasteiger partial charge on any atom is -0.302 e. The van der Waals surface area contributed by atoms with Gasteiger partial charge in [-0.1, -0.05) is 0 Å². The van der Waals surface area contributed by atoms with E-state index in [1.54, 1.807) is 7.05 Å². The molecule has 0 aliphatic rings. The van der Waals surface area contributed by atoms with Crippen molar-refractivity contribution in [2.24, 2.45) is 5.84 Å². The Morgan fingerprint density at radius 1 is 1.53 bits per heavy atom. The van der Waals surface area contributed by atoms with Crippen molar-refractivity contribution in [2.75, 3.05) is 25.6 Å². The highest BCUT2D eigenvalue weighted by molar-refractivity contribution is 7.90. The lowest BCUT2D eigenvalue weighted by Crippen LogP contribution is -2.39. The fourth-order valence-corrected chi connectivity index (χ4v) is 1.63. The first-order valence-corrected chi connectivity index (χ1v) is 6.69. The van der Waals surface area contributed by atoms with Crippen LogP contribution in [-0.2, 0) is 14.6 Å². The number of rotatable bonds is 6. The van der Waals surface area contributed by atoms with Crippen molar-refractivity contribution >= 4 is 15.7 Å². The van der Waals surface area contributed by atoms with Gasteiger partial charge in [0.2, 0.25) is 5.91 Å². The zero-order valence-electron chi connectivity index (χ0n) is 9.36. The fraction of sp³-hybridized carbons (Fsp3) is 0.875. The van der Waals surface area contributed by atoms with Gasteiger partial charge >= 0.3 is 0 Å². The van der Waals surface area contributed by atoms with Crippen molar-refractivity contribution in [2.45, 2.75) is 19.4 Å². The molecule has 0 rings (SSSR count). The van der Waals surface area contributed by atoms with Crippen LogP contribution in [0.5, 0.6) is 0 Å². The third-order valence-electron chi connectivity index (χ3n) is 2.21. The van der Waals surface area contributed by atoms with Gasteiger partial charge in [-0.25, -0.2) is 14.3 Å². The SMILES string of the molecule is CC(CC(=O)NN)N(C)CCS(C)(=O)=O. The Morgan fingerprint density at radius 2 is 2.07 bits per heavy atom. The second-order valence-electron chi connectivity index (χ2n) is 3.73. The molecule has 15 heavy (non-hydrogen) atoms. The van der Waals surface area contributed by atoms with Gasteiger partial charge in [0.15, 0.2) is 0 Å². The maximum absolute atomic E-state index is 10.9. The van der Waals surface area contributed by atoms with Crippen LogP contribution in [0, 0.1) is 0 Å². The van der Waals surface area contributed by atoms with Crippen LogP contribution in [0.2, 0.25) is 0 Å². The molecule has 0 fully saturated rings. The quantitative estimate of drug-likeness (QED) is 0.341. The molecule has 7 heteroatoms. The van der Waals surface area contributed by atoms with E-state index >= 15 is 0 Å².